The summed E-state index contributed by atoms with van der Waals surface area (Å²) in [6.07, 6.45) is 3.03. The third kappa shape index (κ3) is 4.08. The zero-order valence-corrected chi connectivity index (χ0v) is 18.3. The highest BCUT2D eigenvalue weighted by atomic mass is 32.2. The van der Waals surface area contributed by atoms with E-state index in [2.05, 4.69) is 20.2 Å². The Kier molecular flexibility index (Phi) is 5.80. The molecule has 0 saturated carbocycles. The van der Waals surface area contributed by atoms with Crippen LogP contribution >= 0.6 is 0 Å². The number of amides is 1. The molecule has 0 aliphatic carbocycles. The van der Waals surface area contributed by atoms with Gasteiger partial charge in [-0.2, -0.15) is 5.26 Å². The first-order chi connectivity index (χ1) is 16.2. The molecule has 0 bridgehead atoms. The molecule has 4 aromatic rings. The number of hydrogen-bond acceptors (Lipinski definition) is 8. The fourth-order valence-corrected chi connectivity index (χ4v) is 4.25. The average Bonchev–Trinajstić information content (AvgIpc) is 3.27. The van der Waals surface area contributed by atoms with E-state index in [4.69, 9.17) is 9.78 Å². The molecule has 0 spiro atoms. The quantitative estimate of drug-likeness (QED) is 0.377. The van der Waals surface area contributed by atoms with E-state index in [0.717, 1.165) is 6.07 Å². The number of anilines is 1. The van der Waals surface area contributed by atoms with E-state index in [1.165, 1.54) is 37.5 Å². The summed E-state index contributed by atoms with van der Waals surface area (Å²) in [6, 6.07) is 11.6. The average molecular weight is 477 g/mol. The van der Waals surface area contributed by atoms with Gasteiger partial charge < -0.3 is 14.9 Å². The Morgan fingerprint density at radius 2 is 1.97 bits per heavy atom. The number of fused-ring (bicyclic) bond motifs is 1. The van der Waals surface area contributed by atoms with Gasteiger partial charge in [0.15, 0.2) is 11.3 Å². The van der Waals surface area contributed by atoms with Gasteiger partial charge in [-0.25, -0.2) is 17.9 Å². The van der Waals surface area contributed by atoms with Crippen LogP contribution in [-0.4, -0.2) is 42.6 Å². The van der Waals surface area contributed by atoms with Gasteiger partial charge in [-0.3, -0.25) is 9.78 Å². The van der Waals surface area contributed by atoms with Crippen LogP contribution in [0.2, 0.25) is 0 Å². The zero-order valence-electron chi connectivity index (χ0n) is 17.4. The molecule has 2 heterocycles. The second kappa shape index (κ2) is 8.74. The van der Waals surface area contributed by atoms with Crippen molar-refractivity contribution in [3.05, 3.63) is 71.7 Å². The number of nitrogens with zero attached hydrogens (tertiary/aromatic N) is 3. The maximum atomic E-state index is 12.9. The molecule has 0 saturated heterocycles. The standard InChI is InChI=1S/C22H15N5O6S/c1-24-34(31,32)19-9-16-18(8-14(19)13-3-2-6-25-11-13)33-27-20(16)21(28)26-17-5-4-12(10-23)7-15(17)22(29)30/h2-9,11,24H,1H3,(H,26,28)(H,29,30). The van der Waals surface area contributed by atoms with Crippen LogP contribution < -0.4 is 10.0 Å². The minimum absolute atomic E-state index is 0.0669. The lowest BCUT2D eigenvalue weighted by molar-refractivity contribution is 0.0698. The number of nitriles is 1. The summed E-state index contributed by atoms with van der Waals surface area (Å²) in [7, 11) is -2.70. The van der Waals surface area contributed by atoms with Crippen molar-refractivity contribution in [3.63, 3.8) is 0 Å². The number of aromatic carboxylic acids is 1. The van der Waals surface area contributed by atoms with E-state index in [9.17, 15) is 23.1 Å². The van der Waals surface area contributed by atoms with Crippen molar-refractivity contribution in [1.29, 1.82) is 5.26 Å². The number of hydrogen-bond donors (Lipinski definition) is 3. The molecule has 0 unspecified atom stereocenters. The second-order valence-electron chi connectivity index (χ2n) is 6.96. The molecule has 170 valence electrons. The fraction of sp³-hybridized carbons (Fsp3) is 0.0455. The van der Waals surface area contributed by atoms with Gasteiger partial charge in [-0.1, -0.05) is 11.2 Å². The molecule has 11 nitrogen and oxygen atoms in total. The molecule has 0 aliphatic heterocycles. The van der Waals surface area contributed by atoms with Crippen molar-refractivity contribution in [2.75, 3.05) is 12.4 Å². The highest BCUT2D eigenvalue weighted by Crippen LogP contribution is 2.33. The maximum Gasteiger partial charge on any atom is 0.337 e. The summed E-state index contributed by atoms with van der Waals surface area (Å²) < 4.78 is 33.0. The molecule has 1 amide bonds. The summed E-state index contributed by atoms with van der Waals surface area (Å²) in [5.74, 6) is -2.17. The lowest BCUT2D eigenvalue weighted by atomic mass is 10.0. The van der Waals surface area contributed by atoms with Crippen molar-refractivity contribution < 1.29 is 27.6 Å². The van der Waals surface area contributed by atoms with Gasteiger partial charge in [0.05, 0.1) is 33.2 Å². The number of nitrogens with one attached hydrogen (secondary N) is 2. The molecule has 12 heteroatoms. The summed E-state index contributed by atoms with van der Waals surface area (Å²) >= 11 is 0. The molecule has 3 N–H and O–H groups in total. The molecular formula is C22H15N5O6S. The zero-order chi connectivity index (χ0) is 24.5. The summed E-state index contributed by atoms with van der Waals surface area (Å²) in [5.41, 5.74) is 0.424. The Hall–Kier alpha value is -4.60. The summed E-state index contributed by atoms with van der Waals surface area (Å²) in [4.78, 5) is 28.4. The number of rotatable bonds is 6. The van der Waals surface area contributed by atoms with Gasteiger partial charge in [-0.15, -0.1) is 0 Å². The molecule has 4 rings (SSSR count). The summed E-state index contributed by atoms with van der Waals surface area (Å²) in [5, 5.41) is 24.7. The predicted molar refractivity (Wildman–Crippen MR) is 120 cm³/mol. The Balaban J connectivity index is 1.83. The van der Waals surface area contributed by atoms with Gasteiger partial charge in [0.25, 0.3) is 5.91 Å². The van der Waals surface area contributed by atoms with Crippen LogP contribution in [0.25, 0.3) is 22.1 Å². The van der Waals surface area contributed by atoms with E-state index in [0.29, 0.717) is 11.1 Å². The first-order valence-corrected chi connectivity index (χ1v) is 11.1. The van der Waals surface area contributed by atoms with Crippen molar-refractivity contribution in [2.24, 2.45) is 0 Å². The third-order valence-corrected chi connectivity index (χ3v) is 6.40. The fourth-order valence-electron chi connectivity index (χ4n) is 3.29. The number of sulfonamides is 1. The Morgan fingerprint density at radius 3 is 2.62 bits per heavy atom. The third-order valence-electron chi connectivity index (χ3n) is 4.95. The monoisotopic (exact) mass is 477 g/mol. The predicted octanol–water partition coefficient (Wildman–Crippen LogP) is 2.62. The molecule has 34 heavy (non-hydrogen) atoms. The number of pyridine rings is 1. The Labute approximate surface area is 192 Å². The highest BCUT2D eigenvalue weighted by Gasteiger charge is 2.25. The minimum Gasteiger partial charge on any atom is -0.478 e. The maximum absolute atomic E-state index is 12.9. The smallest absolute Gasteiger partial charge is 0.337 e. The van der Waals surface area contributed by atoms with Crippen molar-refractivity contribution >= 4 is 38.6 Å². The SMILES string of the molecule is CNS(=O)(=O)c1cc2c(C(=O)Nc3ccc(C#N)cc3C(=O)O)noc2cc1-c1cccnc1. The van der Waals surface area contributed by atoms with Crippen LogP contribution in [0.4, 0.5) is 5.69 Å². The van der Waals surface area contributed by atoms with Crippen LogP contribution in [0.3, 0.4) is 0 Å². The lowest BCUT2D eigenvalue weighted by Crippen LogP contribution is -2.19. The number of carbonyl (C=O) groups is 2. The van der Waals surface area contributed by atoms with Crippen LogP contribution in [0.15, 0.2) is 64.3 Å². The number of carboxylic acid groups (broad SMARTS) is 1. The molecule has 2 aromatic heterocycles. The molecule has 0 radical (unpaired) electrons. The van der Waals surface area contributed by atoms with Crippen molar-refractivity contribution in [1.82, 2.24) is 14.9 Å². The Bertz CT molecular complexity index is 1590. The first-order valence-electron chi connectivity index (χ1n) is 9.61. The van der Waals surface area contributed by atoms with Gasteiger partial charge in [0, 0.05) is 23.5 Å². The largest absolute Gasteiger partial charge is 0.478 e. The number of carboxylic acids is 1. The van der Waals surface area contributed by atoms with E-state index < -0.39 is 21.9 Å². The number of carbonyl (C=O) groups excluding carboxylic acids is 1. The van der Waals surface area contributed by atoms with Gasteiger partial charge in [0.1, 0.15) is 0 Å². The number of benzene rings is 2. The number of aromatic nitrogens is 2. The van der Waals surface area contributed by atoms with E-state index in [-0.39, 0.29) is 38.4 Å². The van der Waals surface area contributed by atoms with E-state index in [1.807, 2.05) is 6.07 Å². The van der Waals surface area contributed by atoms with Gasteiger partial charge in [-0.05, 0) is 43.4 Å². The van der Waals surface area contributed by atoms with Crippen molar-refractivity contribution in [3.8, 4) is 17.2 Å². The van der Waals surface area contributed by atoms with E-state index in [1.54, 1.807) is 18.3 Å². The first kappa shape index (κ1) is 22.6. The lowest BCUT2D eigenvalue weighted by Gasteiger charge is -2.10. The van der Waals surface area contributed by atoms with Crippen LogP contribution in [-0.2, 0) is 10.0 Å². The van der Waals surface area contributed by atoms with Crippen molar-refractivity contribution in [2.45, 2.75) is 4.90 Å². The van der Waals surface area contributed by atoms with Gasteiger partial charge >= 0.3 is 5.97 Å². The molecule has 0 aliphatic rings. The molecular weight excluding hydrogens is 462 g/mol. The van der Waals surface area contributed by atoms with Crippen LogP contribution in [0.5, 0.6) is 0 Å². The van der Waals surface area contributed by atoms with Gasteiger partial charge in [0.2, 0.25) is 10.0 Å². The molecule has 2 aromatic carbocycles. The van der Waals surface area contributed by atoms with Crippen LogP contribution in [0, 0.1) is 11.3 Å². The molecule has 0 atom stereocenters. The second-order valence-corrected chi connectivity index (χ2v) is 8.81. The topological polar surface area (TPSA) is 175 Å². The minimum atomic E-state index is -3.96. The molecule has 0 fully saturated rings. The van der Waals surface area contributed by atoms with E-state index >= 15 is 0 Å². The van der Waals surface area contributed by atoms with Crippen LogP contribution in [0.1, 0.15) is 26.4 Å². The Morgan fingerprint density at radius 1 is 1.18 bits per heavy atom. The normalized spacial score (nSPS) is 11.2. The highest BCUT2D eigenvalue weighted by molar-refractivity contribution is 7.89. The summed E-state index contributed by atoms with van der Waals surface area (Å²) in [6.45, 7) is 0.